The summed E-state index contributed by atoms with van der Waals surface area (Å²) in [5.74, 6) is 0.159. The van der Waals surface area contributed by atoms with Gasteiger partial charge in [-0.05, 0) is 24.5 Å². The minimum absolute atomic E-state index is 0.300. The number of halogens is 1. The molecule has 0 unspecified atom stereocenters. The van der Waals surface area contributed by atoms with Crippen LogP contribution < -0.4 is 0 Å². The number of hydrogen-bond acceptors (Lipinski definition) is 3. The molecule has 0 N–H and O–H groups in total. The first-order valence-corrected chi connectivity index (χ1v) is 6.68. The Hall–Kier alpha value is -1.61. The van der Waals surface area contributed by atoms with Gasteiger partial charge >= 0.3 is 5.97 Å². The SMILES string of the molecule is CC(C)CCOC(=O)c1cc(Cl)nc2ccccc12. The molecule has 0 saturated heterocycles. The summed E-state index contributed by atoms with van der Waals surface area (Å²) in [5, 5.41) is 1.07. The molecule has 0 aliphatic carbocycles. The van der Waals surface area contributed by atoms with E-state index in [0.717, 1.165) is 11.8 Å². The maximum absolute atomic E-state index is 12.1. The molecule has 0 amide bonds. The molecule has 0 radical (unpaired) electrons. The fourth-order valence-corrected chi connectivity index (χ4v) is 1.98. The second-order valence-electron chi connectivity index (χ2n) is 4.83. The molecule has 1 aromatic heterocycles. The van der Waals surface area contributed by atoms with Crippen molar-refractivity contribution in [1.29, 1.82) is 0 Å². The number of pyridine rings is 1. The summed E-state index contributed by atoms with van der Waals surface area (Å²) in [6, 6.07) is 8.95. The van der Waals surface area contributed by atoms with E-state index in [0.29, 0.717) is 28.8 Å². The van der Waals surface area contributed by atoms with Crippen LogP contribution >= 0.6 is 11.6 Å². The average molecular weight is 278 g/mol. The van der Waals surface area contributed by atoms with Crippen molar-refractivity contribution < 1.29 is 9.53 Å². The quantitative estimate of drug-likeness (QED) is 0.624. The lowest BCUT2D eigenvalue weighted by Gasteiger charge is -2.09. The number of para-hydroxylation sites is 1. The topological polar surface area (TPSA) is 39.2 Å². The van der Waals surface area contributed by atoms with Gasteiger partial charge in [-0.15, -0.1) is 0 Å². The van der Waals surface area contributed by atoms with Crippen LogP contribution in [0.2, 0.25) is 5.15 Å². The number of ether oxygens (including phenoxy) is 1. The number of carbonyl (C=O) groups excluding carboxylic acids is 1. The Morgan fingerprint density at radius 2 is 2.11 bits per heavy atom. The predicted molar refractivity (Wildman–Crippen MR) is 76.5 cm³/mol. The van der Waals surface area contributed by atoms with Gasteiger partial charge in [-0.3, -0.25) is 0 Å². The van der Waals surface area contributed by atoms with Crippen molar-refractivity contribution in [3.63, 3.8) is 0 Å². The molecule has 1 heterocycles. The lowest BCUT2D eigenvalue weighted by atomic mass is 10.1. The number of esters is 1. The number of benzene rings is 1. The van der Waals surface area contributed by atoms with Crippen LogP contribution in [0.4, 0.5) is 0 Å². The van der Waals surface area contributed by atoms with Crippen LogP contribution in [0.5, 0.6) is 0 Å². The summed E-state index contributed by atoms with van der Waals surface area (Å²) < 4.78 is 5.28. The van der Waals surface area contributed by atoms with Crippen LogP contribution in [-0.2, 0) is 4.74 Å². The van der Waals surface area contributed by atoms with E-state index in [2.05, 4.69) is 18.8 Å². The van der Waals surface area contributed by atoms with Gasteiger partial charge in [0.1, 0.15) is 5.15 Å². The van der Waals surface area contributed by atoms with Gasteiger partial charge in [-0.1, -0.05) is 43.6 Å². The average Bonchev–Trinajstić information content (AvgIpc) is 2.37. The largest absolute Gasteiger partial charge is 0.462 e. The molecule has 4 heteroatoms. The van der Waals surface area contributed by atoms with Gasteiger partial charge in [-0.25, -0.2) is 9.78 Å². The minimum Gasteiger partial charge on any atom is -0.462 e. The molecule has 1 aromatic carbocycles. The first-order valence-electron chi connectivity index (χ1n) is 6.30. The molecular weight excluding hydrogens is 262 g/mol. The van der Waals surface area contributed by atoms with E-state index in [1.54, 1.807) is 6.07 Å². The molecule has 0 aliphatic heterocycles. The fourth-order valence-electron chi connectivity index (χ4n) is 1.78. The first kappa shape index (κ1) is 13.8. The Labute approximate surface area is 117 Å². The molecule has 0 spiro atoms. The highest BCUT2D eigenvalue weighted by atomic mass is 35.5. The molecule has 2 rings (SSSR count). The van der Waals surface area contributed by atoms with Crippen LogP contribution in [0.3, 0.4) is 0 Å². The third kappa shape index (κ3) is 3.44. The molecule has 0 atom stereocenters. The molecular formula is C15H16ClNO2. The Morgan fingerprint density at radius 1 is 1.37 bits per heavy atom. The molecule has 19 heavy (non-hydrogen) atoms. The lowest BCUT2D eigenvalue weighted by molar-refractivity contribution is 0.0490. The highest BCUT2D eigenvalue weighted by Crippen LogP contribution is 2.21. The number of fused-ring (bicyclic) bond motifs is 1. The maximum atomic E-state index is 12.1. The maximum Gasteiger partial charge on any atom is 0.338 e. The van der Waals surface area contributed by atoms with E-state index in [-0.39, 0.29) is 5.97 Å². The number of nitrogens with zero attached hydrogens (tertiary/aromatic N) is 1. The highest BCUT2D eigenvalue weighted by molar-refractivity contribution is 6.30. The molecule has 2 aromatic rings. The number of carbonyl (C=O) groups is 1. The summed E-state index contributed by atoms with van der Waals surface area (Å²) >= 11 is 5.93. The molecule has 0 fully saturated rings. The smallest absolute Gasteiger partial charge is 0.338 e. The van der Waals surface area contributed by atoms with Crippen molar-refractivity contribution in [1.82, 2.24) is 4.98 Å². The summed E-state index contributed by atoms with van der Waals surface area (Å²) in [4.78, 5) is 16.3. The van der Waals surface area contributed by atoms with Crippen molar-refractivity contribution in [3.05, 3.63) is 41.0 Å². The van der Waals surface area contributed by atoms with Gasteiger partial charge in [0, 0.05) is 5.39 Å². The Kier molecular flexibility index (Phi) is 4.38. The summed E-state index contributed by atoms with van der Waals surface area (Å²) in [5.41, 5.74) is 1.17. The lowest BCUT2D eigenvalue weighted by Crippen LogP contribution is -2.09. The zero-order valence-electron chi connectivity index (χ0n) is 11.0. The monoisotopic (exact) mass is 277 g/mol. The van der Waals surface area contributed by atoms with Crippen molar-refractivity contribution >= 4 is 28.5 Å². The Bertz CT molecular complexity index is 596. The van der Waals surface area contributed by atoms with Gasteiger partial charge < -0.3 is 4.74 Å². The third-order valence-corrected chi connectivity index (χ3v) is 3.03. The van der Waals surface area contributed by atoms with E-state index >= 15 is 0 Å². The summed E-state index contributed by atoms with van der Waals surface area (Å²) in [7, 11) is 0. The zero-order valence-corrected chi connectivity index (χ0v) is 11.8. The van der Waals surface area contributed by atoms with E-state index < -0.39 is 0 Å². The van der Waals surface area contributed by atoms with Gasteiger partial charge in [0.15, 0.2) is 0 Å². The third-order valence-electron chi connectivity index (χ3n) is 2.83. The first-order chi connectivity index (χ1) is 9.08. The van der Waals surface area contributed by atoms with Gasteiger partial charge in [-0.2, -0.15) is 0 Å². The Morgan fingerprint density at radius 3 is 2.84 bits per heavy atom. The summed E-state index contributed by atoms with van der Waals surface area (Å²) in [6.07, 6.45) is 0.850. The van der Waals surface area contributed by atoms with Crippen LogP contribution in [0.1, 0.15) is 30.6 Å². The number of hydrogen-bond donors (Lipinski definition) is 0. The van der Waals surface area contributed by atoms with Crippen molar-refractivity contribution in [3.8, 4) is 0 Å². The Balaban J connectivity index is 2.26. The van der Waals surface area contributed by atoms with Crippen molar-refractivity contribution in [2.45, 2.75) is 20.3 Å². The predicted octanol–water partition coefficient (Wildman–Crippen LogP) is 4.09. The van der Waals surface area contributed by atoms with Gasteiger partial charge in [0.25, 0.3) is 0 Å². The van der Waals surface area contributed by atoms with Crippen molar-refractivity contribution in [2.24, 2.45) is 5.92 Å². The molecule has 3 nitrogen and oxygen atoms in total. The van der Waals surface area contributed by atoms with E-state index in [9.17, 15) is 4.79 Å². The van der Waals surface area contributed by atoms with E-state index in [1.807, 2.05) is 24.3 Å². The zero-order chi connectivity index (χ0) is 13.8. The van der Waals surface area contributed by atoms with Crippen molar-refractivity contribution in [2.75, 3.05) is 6.61 Å². The molecule has 0 saturated carbocycles. The number of aromatic nitrogens is 1. The molecule has 100 valence electrons. The van der Waals surface area contributed by atoms with Gasteiger partial charge in [0.05, 0.1) is 17.7 Å². The van der Waals surface area contributed by atoms with E-state index in [4.69, 9.17) is 16.3 Å². The normalized spacial score (nSPS) is 10.9. The fraction of sp³-hybridized carbons (Fsp3) is 0.333. The van der Waals surface area contributed by atoms with Crippen LogP contribution in [0.25, 0.3) is 10.9 Å². The molecule has 0 bridgehead atoms. The number of rotatable bonds is 4. The summed E-state index contributed by atoms with van der Waals surface area (Å²) in [6.45, 7) is 4.60. The van der Waals surface area contributed by atoms with Gasteiger partial charge in [0.2, 0.25) is 0 Å². The van der Waals surface area contributed by atoms with Crippen LogP contribution in [0, 0.1) is 5.92 Å². The van der Waals surface area contributed by atoms with Crippen LogP contribution in [-0.4, -0.2) is 17.6 Å². The van der Waals surface area contributed by atoms with Crippen LogP contribution in [0.15, 0.2) is 30.3 Å². The second kappa shape index (κ2) is 6.02. The second-order valence-corrected chi connectivity index (χ2v) is 5.22. The standard InChI is InChI=1S/C15H16ClNO2/c1-10(2)7-8-19-15(18)12-9-14(16)17-13-6-4-3-5-11(12)13/h3-6,9-10H,7-8H2,1-2H3. The molecule has 0 aliphatic rings. The minimum atomic E-state index is -0.346. The highest BCUT2D eigenvalue weighted by Gasteiger charge is 2.13. The van der Waals surface area contributed by atoms with E-state index in [1.165, 1.54) is 0 Å².